The number of non-ortho nitro benzene ring substituents is 1. The molecule has 0 heterocycles. The number of alkyl carbamates (subject to hydrolysis) is 1. The van der Waals surface area contributed by atoms with Crippen LogP contribution in [0.5, 0.6) is 0 Å². The Hall–Kier alpha value is -2.62. The van der Waals surface area contributed by atoms with Gasteiger partial charge in [0.2, 0.25) is 0 Å². The summed E-state index contributed by atoms with van der Waals surface area (Å²) in [5.41, 5.74) is -0.558. The standard InChI is InChI=1S/C15H17FN2O4/c1-10-11(8-12(18(20)21)9-13(10)16)6-5-7-17-14(19)22-15(2,3)4/h8-9H,7H2,1-4H3,(H,17,19). The number of rotatable bonds is 2. The summed E-state index contributed by atoms with van der Waals surface area (Å²) in [5, 5.41) is 13.1. The first-order valence-electron chi connectivity index (χ1n) is 6.50. The number of amides is 1. The number of hydrogen-bond donors (Lipinski definition) is 1. The lowest BCUT2D eigenvalue weighted by atomic mass is 10.1. The van der Waals surface area contributed by atoms with Crippen LogP contribution in [0.2, 0.25) is 0 Å². The molecular weight excluding hydrogens is 291 g/mol. The summed E-state index contributed by atoms with van der Waals surface area (Å²) in [6.45, 7) is 6.65. The first-order valence-corrected chi connectivity index (χ1v) is 6.50. The Morgan fingerprint density at radius 3 is 2.64 bits per heavy atom. The molecule has 0 aliphatic rings. The van der Waals surface area contributed by atoms with Crippen molar-refractivity contribution in [3.8, 4) is 11.8 Å². The first kappa shape index (κ1) is 17.4. The molecular formula is C15H17FN2O4. The molecule has 0 aliphatic heterocycles. The highest BCUT2D eigenvalue weighted by Crippen LogP contribution is 2.20. The molecule has 0 bridgehead atoms. The van der Waals surface area contributed by atoms with Crippen molar-refractivity contribution in [1.82, 2.24) is 5.32 Å². The number of carbonyl (C=O) groups is 1. The van der Waals surface area contributed by atoms with Crippen molar-refractivity contribution >= 4 is 11.8 Å². The predicted molar refractivity (Wildman–Crippen MR) is 78.9 cm³/mol. The van der Waals surface area contributed by atoms with Gasteiger partial charge < -0.3 is 10.1 Å². The molecule has 118 valence electrons. The minimum absolute atomic E-state index is 0.0152. The second kappa shape index (κ2) is 6.89. The Morgan fingerprint density at radius 1 is 1.45 bits per heavy atom. The summed E-state index contributed by atoms with van der Waals surface area (Å²) >= 11 is 0. The van der Waals surface area contributed by atoms with Crippen LogP contribution < -0.4 is 5.32 Å². The van der Waals surface area contributed by atoms with Gasteiger partial charge in [-0.05, 0) is 27.7 Å². The van der Waals surface area contributed by atoms with Gasteiger partial charge in [-0.15, -0.1) is 0 Å². The Morgan fingerprint density at radius 2 is 2.09 bits per heavy atom. The molecule has 0 spiro atoms. The van der Waals surface area contributed by atoms with Gasteiger partial charge in [-0.1, -0.05) is 11.8 Å². The van der Waals surface area contributed by atoms with E-state index in [2.05, 4.69) is 17.2 Å². The number of ether oxygens (including phenoxy) is 1. The zero-order valence-corrected chi connectivity index (χ0v) is 12.8. The Bertz CT molecular complexity index is 654. The SMILES string of the molecule is Cc1c(F)cc([N+](=O)[O-])cc1C#CCNC(=O)OC(C)(C)C. The van der Waals surface area contributed by atoms with Crippen LogP contribution in [-0.2, 0) is 4.74 Å². The monoisotopic (exact) mass is 308 g/mol. The van der Waals surface area contributed by atoms with Gasteiger partial charge >= 0.3 is 6.09 Å². The lowest BCUT2D eigenvalue weighted by molar-refractivity contribution is -0.385. The average Bonchev–Trinajstić information content (AvgIpc) is 2.36. The van der Waals surface area contributed by atoms with Crippen molar-refractivity contribution < 1.29 is 18.8 Å². The third-order valence-corrected chi connectivity index (χ3v) is 2.48. The molecule has 1 amide bonds. The largest absolute Gasteiger partial charge is 0.444 e. The molecule has 6 nitrogen and oxygen atoms in total. The molecule has 0 saturated heterocycles. The van der Waals surface area contributed by atoms with Crippen LogP contribution in [-0.4, -0.2) is 23.2 Å². The normalized spacial score (nSPS) is 10.4. The number of nitrogens with one attached hydrogen (secondary N) is 1. The van der Waals surface area contributed by atoms with Crippen molar-refractivity contribution in [1.29, 1.82) is 0 Å². The van der Waals surface area contributed by atoms with Gasteiger partial charge in [-0.3, -0.25) is 10.1 Å². The van der Waals surface area contributed by atoms with Crippen molar-refractivity contribution in [3.05, 3.63) is 39.2 Å². The highest BCUT2D eigenvalue weighted by molar-refractivity contribution is 5.68. The second-order valence-electron chi connectivity index (χ2n) is 5.51. The maximum Gasteiger partial charge on any atom is 0.408 e. The number of nitrogens with zero attached hydrogens (tertiary/aromatic N) is 1. The van der Waals surface area contributed by atoms with E-state index in [1.807, 2.05) is 0 Å². The smallest absolute Gasteiger partial charge is 0.408 e. The van der Waals surface area contributed by atoms with Gasteiger partial charge in [-0.25, -0.2) is 9.18 Å². The molecule has 7 heteroatoms. The van der Waals surface area contributed by atoms with Crippen LogP contribution in [0.15, 0.2) is 12.1 Å². The maximum atomic E-state index is 13.6. The third kappa shape index (κ3) is 5.40. The van der Waals surface area contributed by atoms with Gasteiger partial charge in [-0.2, -0.15) is 0 Å². The topological polar surface area (TPSA) is 81.5 Å². The quantitative estimate of drug-likeness (QED) is 0.517. The molecule has 0 radical (unpaired) electrons. The summed E-state index contributed by atoms with van der Waals surface area (Å²) in [6, 6.07) is 2.04. The minimum Gasteiger partial charge on any atom is -0.444 e. The van der Waals surface area contributed by atoms with Gasteiger partial charge in [0.05, 0.1) is 17.5 Å². The Labute approximate surface area is 127 Å². The Kier molecular flexibility index (Phi) is 5.46. The number of nitro groups is 1. The van der Waals surface area contributed by atoms with Crippen LogP contribution in [0.4, 0.5) is 14.9 Å². The van der Waals surface area contributed by atoms with Crippen LogP contribution in [0.3, 0.4) is 0 Å². The Balaban J connectivity index is 2.77. The molecule has 1 aromatic carbocycles. The van der Waals surface area contributed by atoms with E-state index >= 15 is 0 Å². The summed E-state index contributed by atoms with van der Waals surface area (Å²) in [7, 11) is 0. The molecule has 22 heavy (non-hydrogen) atoms. The van der Waals surface area contributed by atoms with Crippen molar-refractivity contribution in [3.63, 3.8) is 0 Å². The van der Waals surface area contributed by atoms with E-state index in [1.54, 1.807) is 20.8 Å². The molecule has 0 aliphatic carbocycles. The van der Waals surface area contributed by atoms with E-state index in [9.17, 15) is 19.3 Å². The van der Waals surface area contributed by atoms with Crippen molar-refractivity contribution in [2.24, 2.45) is 0 Å². The fourth-order valence-corrected chi connectivity index (χ4v) is 1.47. The first-order chi connectivity index (χ1) is 10.1. The van der Waals surface area contributed by atoms with E-state index in [0.29, 0.717) is 0 Å². The fraction of sp³-hybridized carbons (Fsp3) is 0.400. The van der Waals surface area contributed by atoms with E-state index in [4.69, 9.17) is 4.74 Å². The van der Waals surface area contributed by atoms with Gasteiger partial charge in [0.15, 0.2) is 0 Å². The predicted octanol–water partition coefficient (Wildman–Crippen LogP) is 2.92. The van der Waals surface area contributed by atoms with Gasteiger partial charge in [0.1, 0.15) is 11.4 Å². The molecule has 1 aromatic rings. The van der Waals surface area contributed by atoms with Crippen molar-refractivity contribution in [2.45, 2.75) is 33.3 Å². The fourth-order valence-electron chi connectivity index (χ4n) is 1.47. The summed E-state index contributed by atoms with van der Waals surface area (Å²) in [5.74, 6) is 4.51. The highest BCUT2D eigenvalue weighted by Gasteiger charge is 2.15. The molecule has 0 aromatic heterocycles. The molecule has 1 N–H and O–H groups in total. The highest BCUT2D eigenvalue weighted by atomic mass is 19.1. The maximum absolute atomic E-state index is 13.6. The van der Waals surface area contributed by atoms with Gasteiger partial charge in [0, 0.05) is 17.2 Å². The number of hydrogen-bond acceptors (Lipinski definition) is 4. The van der Waals surface area contributed by atoms with Crippen LogP contribution >= 0.6 is 0 Å². The number of carbonyl (C=O) groups excluding carboxylic acids is 1. The summed E-state index contributed by atoms with van der Waals surface area (Å²) < 4.78 is 18.6. The lowest BCUT2D eigenvalue weighted by Gasteiger charge is -2.19. The van der Waals surface area contributed by atoms with E-state index in [-0.39, 0.29) is 23.4 Å². The van der Waals surface area contributed by atoms with Gasteiger partial charge in [0.25, 0.3) is 5.69 Å². The third-order valence-electron chi connectivity index (χ3n) is 2.48. The van der Waals surface area contributed by atoms with Crippen LogP contribution in [0, 0.1) is 34.7 Å². The zero-order chi connectivity index (χ0) is 16.9. The van der Waals surface area contributed by atoms with Crippen LogP contribution in [0.25, 0.3) is 0 Å². The minimum atomic E-state index is -0.696. The molecule has 0 fully saturated rings. The van der Waals surface area contributed by atoms with Crippen molar-refractivity contribution in [2.75, 3.05) is 6.54 Å². The number of benzene rings is 1. The zero-order valence-electron chi connectivity index (χ0n) is 12.8. The molecule has 1 rings (SSSR count). The molecule has 0 saturated carbocycles. The van der Waals surface area contributed by atoms with E-state index < -0.39 is 22.4 Å². The summed E-state index contributed by atoms with van der Waals surface area (Å²) in [4.78, 5) is 21.4. The second-order valence-corrected chi connectivity index (χ2v) is 5.51. The summed E-state index contributed by atoms with van der Waals surface area (Å²) in [6.07, 6.45) is -0.622. The number of halogens is 1. The van der Waals surface area contributed by atoms with E-state index in [0.717, 1.165) is 6.07 Å². The van der Waals surface area contributed by atoms with Crippen LogP contribution in [0.1, 0.15) is 31.9 Å². The molecule has 0 unspecified atom stereocenters. The lowest BCUT2D eigenvalue weighted by Crippen LogP contribution is -2.32. The molecule has 0 atom stereocenters. The number of nitro benzene ring substituents is 1. The van der Waals surface area contributed by atoms with E-state index in [1.165, 1.54) is 13.0 Å². The average molecular weight is 308 g/mol.